The average Bonchev–Trinajstić information content (AvgIpc) is 2.84. The molecule has 148 valence electrons. The highest BCUT2D eigenvalue weighted by Gasteiger charge is 2.45. The Bertz CT molecular complexity index is 887. The molecule has 0 saturated carbocycles. The summed E-state index contributed by atoms with van der Waals surface area (Å²) in [5.74, 6) is -2.38. The summed E-state index contributed by atoms with van der Waals surface area (Å²) in [6.45, 7) is 0.370. The molecule has 2 aliphatic rings. The molecule has 2 aliphatic heterocycles. The van der Waals surface area contributed by atoms with E-state index in [-0.39, 0.29) is 43.0 Å². The molecule has 0 aliphatic carbocycles. The van der Waals surface area contributed by atoms with Gasteiger partial charge >= 0.3 is 0 Å². The minimum atomic E-state index is -1.01. The Morgan fingerprint density at radius 3 is 2.54 bits per heavy atom. The Morgan fingerprint density at radius 1 is 1.18 bits per heavy atom. The van der Waals surface area contributed by atoms with E-state index in [0.29, 0.717) is 10.0 Å². The van der Waals surface area contributed by atoms with E-state index < -0.39 is 29.7 Å². The van der Waals surface area contributed by atoms with Gasteiger partial charge in [0, 0.05) is 13.0 Å². The quantitative estimate of drug-likeness (QED) is 0.518. The maximum atomic E-state index is 13.0. The molecule has 3 rings (SSSR count). The number of rotatable bonds is 5. The van der Waals surface area contributed by atoms with Gasteiger partial charge < -0.3 is 9.80 Å². The van der Waals surface area contributed by atoms with E-state index >= 15 is 0 Å². The van der Waals surface area contributed by atoms with Crippen molar-refractivity contribution in [2.24, 2.45) is 0 Å². The van der Waals surface area contributed by atoms with Gasteiger partial charge in [-0.3, -0.25) is 34.2 Å². The van der Waals surface area contributed by atoms with Crippen molar-refractivity contribution in [3.8, 4) is 0 Å². The summed E-state index contributed by atoms with van der Waals surface area (Å²) in [5, 5.41) is 4.94. The number of carbonyl (C=O) groups is 5. The van der Waals surface area contributed by atoms with E-state index in [1.807, 2.05) is 21.1 Å². The van der Waals surface area contributed by atoms with Gasteiger partial charge in [-0.25, -0.2) is 0 Å². The molecule has 1 fully saturated rings. The lowest BCUT2D eigenvalue weighted by atomic mass is 10.0. The molecule has 2 heterocycles. The van der Waals surface area contributed by atoms with Gasteiger partial charge in [-0.2, -0.15) is 0 Å². The standard InChI is InChI=1S/C19H22N4O5/c1-23(2,3)10-15(25)20-9-11-5-4-6-12-16(11)19(28)22(18(12)27)13-7-8-14(24)21-17(13)26/h4-6,13H,7-10H2,1-3H3,(H-,20,21,24,25,26)/p+1. The van der Waals surface area contributed by atoms with E-state index in [1.54, 1.807) is 12.1 Å². The first-order valence-electron chi connectivity index (χ1n) is 8.99. The zero-order valence-corrected chi connectivity index (χ0v) is 16.1. The van der Waals surface area contributed by atoms with Crippen molar-refractivity contribution < 1.29 is 28.5 Å². The van der Waals surface area contributed by atoms with Gasteiger partial charge in [0.2, 0.25) is 11.8 Å². The number of carbonyl (C=O) groups excluding carboxylic acids is 5. The predicted molar refractivity (Wildman–Crippen MR) is 97.9 cm³/mol. The largest absolute Gasteiger partial charge is 0.347 e. The number of fused-ring (bicyclic) bond motifs is 1. The van der Waals surface area contributed by atoms with E-state index in [1.165, 1.54) is 6.07 Å². The van der Waals surface area contributed by atoms with Crippen LogP contribution in [-0.4, -0.2) is 72.6 Å². The summed E-state index contributed by atoms with van der Waals surface area (Å²) in [7, 11) is 5.67. The van der Waals surface area contributed by atoms with Crippen LogP contribution in [0, 0.1) is 0 Å². The van der Waals surface area contributed by atoms with E-state index in [0.717, 1.165) is 4.90 Å². The number of nitrogens with zero attached hydrogens (tertiary/aromatic N) is 2. The number of hydrogen-bond acceptors (Lipinski definition) is 5. The van der Waals surface area contributed by atoms with E-state index in [4.69, 9.17) is 0 Å². The fraction of sp³-hybridized carbons (Fsp3) is 0.421. The number of amides is 5. The number of likely N-dealkylation sites (N-methyl/N-ethyl adjacent to an activating group) is 1. The summed E-state index contributed by atoms with van der Waals surface area (Å²) in [6, 6.07) is 3.83. The van der Waals surface area contributed by atoms with Crippen molar-refractivity contribution in [2.45, 2.75) is 25.4 Å². The van der Waals surface area contributed by atoms with Gasteiger partial charge in [-0.05, 0) is 18.1 Å². The van der Waals surface area contributed by atoms with Crippen molar-refractivity contribution in [3.05, 3.63) is 34.9 Å². The number of hydrogen-bond donors (Lipinski definition) is 2. The Kier molecular flexibility index (Phi) is 5.03. The van der Waals surface area contributed by atoms with Crippen LogP contribution in [0.2, 0.25) is 0 Å². The number of quaternary nitrogens is 1. The summed E-state index contributed by atoms with van der Waals surface area (Å²) in [6.07, 6.45) is 0.170. The second-order valence-electron chi connectivity index (χ2n) is 8.01. The highest BCUT2D eigenvalue weighted by Crippen LogP contribution is 2.29. The molecular weight excluding hydrogens is 364 g/mol. The SMILES string of the molecule is C[N+](C)(C)CC(=O)NCc1cccc2c1C(=O)N(C1CCC(=O)NC1=O)C2=O. The van der Waals surface area contributed by atoms with Gasteiger partial charge in [0.05, 0.1) is 32.3 Å². The van der Waals surface area contributed by atoms with Gasteiger partial charge in [0.15, 0.2) is 6.54 Å². The number of benzene rings is 1. The minimum Gasteiger partial charge on any atom is -0.347 e. The third-order valence-electron chi connectivity index (χ3n) is 4.65. The molecule has 1 aromatic carbocycles. The Balaban J connectivity index is 1.81. The first kappa shape index (κ1) is 19.7. The molecule has 9 nitrogen and oxygen atoms in total. The van der Waals surface area contributed by atoms with Crippen molar-refractivity contribution >= 4 is 29.5 Å². The van der Waals surface area contributed by atoms with Gasteiger partial charge in [-0.1, -0.05) is 12.1 Å². The molecule has 0 spiro atoms. The minimum absolute atomic E-state index is 0.0672. The lowest BCUT2D eigenvalue weighted by Gasteiger charge is -2.27. The summed E-state index contributed by atoms with van der Waals surface area (Å²) in [5.41, 5.74) is 0.913. The van der Waals surface area contributed by atoms with Crippen LogP contribution in [0.5, 0.6) is 0 Å². The second kappa shape index (κ2) is 7.16. The zero-order valence-electron chi connectivity index (χ0n) is 16.1. The van der Waals surface area contributed by atoms with Gasteiger partial charge in [-0.15, -0.1) is 0 Å². The summed E-state index contributed by atoms with van der Waals surface area (Å²) >= 11 is 0. The zero-order chi connectivity index (χ0) is 20.6. The molecule has 1 unspecified atom stereocenters. The lowest BCUT2D eigenvalue weighted by molar-refractivity contribution is -0.862. The molecular formula is C19H23N4O5+. The number of nitrogens with one attached hydrogen (secondary N) is 2. The number of piperidine rings is 1. The molecule has 2 N–H and O–H groups in total. The van der Waals surface area contributed by atoms with Crippen LogP contribution < -0.4 is 10.6 Å². The topological polar surface area (TPSA) is 113 Å². The predicted octanol–water partition coefficient (Wildman–Crippen LogP) is -0.590. The highest BCUT2D eigenvalue weighted by molar-refractivity contribution is 6.24. The maximum absolute atomic E-state index is 13.0. The van der Waals surface area contributed by atoms with Crippen molar-refractivity contribution in [2.75, 3.05) is 27.7 Å². The van der Waals surface area contributed by atoms with E-state index in [9.17, 15) is 24.0 Å². The van der Waals surface area contributed by atoms with Crippen LogP contribution in [0.1, 0.15) is 39.1 Å². The van der Waals surface area contributed by atoms with Crippen LogP contribution in [0.3, 0.4) is 0 Å². The third kappa shape index (κ3) is 3.79. The maximum Gasteiger partial charge on any atom is 0.275 e. The van der Waals surface area contributed by atoms with Gasteiger partial charge in [0.1, 0.15) is 6.04 Å². The van der Waals surface area contributed by atoms with Crippen molar-refractivity contribution in [1.29, 1.82) is 0 Å². The smallest absolute Gasteiger partial charge is 0.275 e. The monoisotopic (exact) mass is 387 g/mol. The van der Waals surface area contributed by atoms with Crippen LogP contribution >= 0.6 is 0 Å². The van der Waals surface area contributed by atoms with Crippen molar-refractivity contribution in [3.63, 3.8) is 0 Å². The molecule has 0 bridgehead atoms. The summed E-state index contributed by atoms with van der Waals surface area (Å²) in [4.78, 5) is 62.2. The van der Waals surface area contributed by atoms with Crippen molar-refractivity contribution in [1.82, 2.24) is 15.5 Å². The molecule has 9 heteroatoms. The Hall–Kier alpha value is -3.07. The van der Waals surface area contributed by atoms with Crippen LogP contribution in [0.25, 0.3) is 0 Å². The lowest BCUT2D eigenvalue weighted by Crippen LogP contribution is -2.54. The highest BCUT2D eigenvalue weighted by atomic mass is 16.2. The van der Waals surface area contributed by atoms with Crippen LogP contribution in [0.4, 0.5) is 0 Å². The molecule has 28 heavy (non-hydrogen) atoms. The molecule has 1 atom stereocenters. The third-order valence-corrected chi connectivity index (χ3v) is 4.65. The normalized spacial score (nSPS) is 19.5. The first-order valence-corrected chi connectivity index (χ1v) is 8.99. The van der Waals surface area contributed by atoms with Gasteiger partial charge in [0.25, 0.3) is 17.7 Å². The Labute approximate surface area is 162 Å². The molecule has 0 aromatic heterocycles. The fourth-order valence-corrected chi connectivity index (χ4v) is 3.41. The Morgan fingerprint density at radius 2 is 1.89 bits per heavy atom. The van der Waals surface area contributed by atoms with Crippen LogP contribution in [0.15, 0.2) is 18.2 Å². The first-order chi connectivity index (χ1) is 13.1. The average molecular weight is 387 g/mol. The van der Waals surface area contributed by atoms with Crippen LogP contribution in [-0.2, 0) is 20.9 Å². The molecule has 1 aromatic rings. The van der Waals surface area contributed by atoms with E-state index in [2.05, 4.69) is 10.6 Å². The molecule has 5 amide bonds. The molecule has 1 saturated heterocycles. The fourth-order valence-electron chi connectivity index (χ4n) is 3.41. The number of imide groups is 2. The molecule has 0 radical (unpaired) electrons. The summed E-state index contributed by atoms with van der Waals surface area (Å²) < 4.78 is 0.458. The second-order valence-corrected chi connectivity index (χ2v) is 8.01.